The summed E-state index contributed by atoms with van der Waals surface area (Å²) >= 11 is 6.03. The van der Waals surface area contributed by atoms with E-state index in [0.29, 0.717) is 16.0 Å². The van der Waals surface area contributed by atoms with Gasteiger partial charge in [0.05, 0.1) is 10.4 Å². The maximum absolute atomic E-state index is 11.6. The first-order chi connectivity index (χ1) is 8.37. The highest BCUT2D eigenvalue weighted by atomic mass is 35.5. The Morgan fingerprint density at radius 1 is 1.44 bits per heavy atom. The summed E-state index contributed by atoms with van der Waals surface area (Å²) in [5.41, 5.74) is -0.0681. The monoisotopic (exact) mass is 268 g/mol. The molecule has 0 aliphatic carbocycles. The third-order valence-electron chi connectivity index (χ3n) is 2.07. The molecule has 0 aliphatic heterocycles. The minimum atomic E-state index is -0.599. The molecule has 0 aliphatic rings. The zero-order valence-electron chi connectivity index (χ0n) is 10.3. The lowest BCUT2D eigenvalue weighted by Crippen LogP contribution is -2.27. The molecule has 1 amide bonds. The summed E-state index contributed by atoms with van der Waals surface area (Å²) in [5.74, 6) is 0.254. The number of nitrogens with zero attached hydrogens (tertiary/aromatic N) is 1. The molecule has 1 aromatic heterocycles. The van der Waals surface area contributed by atoms with Crippen molar-refractivity contribution in [1.82, 2.24) is 5.16 Å². The molecule has 96 valence electrons. The Kier molecular flexibility index (Phi) is 3.17. The Hall–Kier alpha value is -1.75. The number of benzene rings is 1. The molecule has 1 aromatic carbocycles. The lowest BCUT2D eigenvalue weighted by molar-refractivity contribution is 0.0635. The van der Waals surface area contributed by atoms with Crippen LogP contribution in [-0.2, 0) is 4.74 Å². The van der Waals surface area contributed by atoms with Gasteiger partial charge in [-0.2, -0.15) is 0 Å². The molecule has 5 nitrogen and oxygen atoms in total. The Labute approximate surface area is 109 Å². The normalized spacial score (nSPS) is 11.6. The lowest BCUT2D eigenvalue weighted by Gasteiger charge is -2.19. The molecule has 0 spiro atoms. The van der Waals surface area contributed by atoms with Crippen molar-refractivity contribution in [2.45, 2.75) is 26.4 Å². The molecular weight excluding hydrogens is 256 g/mol. The predicted molar refractivity (Wildman–Crippen MR) is 68.9 cm³/mol. The summed E-state index contributed by atoms with van der Waals surface area (Å²) in [6.07, 6.45) is -0.599. The molecule has 0 unspecified atom stereocenters. The first-order valence-electron chi connectivity index (χ1n) is 5.41. The number of fused-ring (bicyclic) bond motifs is 1. The van der Waals surface area contributed by atoms with E-state index >= 15 is 0 Å². The molecule has 1 heterocycles. The number of halogens is 1. The summed E-state index contributed by atoms with van der Waals surface area (Å²) < 4.78 is 10.2. The van der Waals surface area contributed by atoms with E-state index in [1.165, 1.54) is 0 Å². The number of amides is 1. The van der Waals surface area contributed by atoms with Crippen molar-refractivity contribution >= 4 is 34.5 Å². The predicted octanol–water partition coefficient (Wildman–Crippen LogP) is 3.83. The van der Waals surface area contributed by atoms with Gasteiger partial charge in [-0.1, -0.05) is 22.8 Å². The fourth-order valence-electron chi connectivity index (χ4n) is 1.44. The highest BCUT2D eigenvalue weighted by Crippen LogP contribution is 2.30. The Morgan fingerprint density at radius 3 is 2.83 bits per heavy atom. The van der Waals surface area contributed by atoms with Crippen LogP contribution in [0, 0.1) is 0 Å². The van der Waals surface area contributed by atoms with Gasteiger partial charge in [-0.3, -0.25) is 5.32 Å². The Bertz CT molecular complexity index is 587. The van der Waals surface area contributed by atoms with Gasteiger partial charge in [0, 0.05) is 0 Å². The average Bonchev–Trinajstić information content (AvgIpc) is 2.59. The molecule has 0 bridgehead atoms. The van der Waals surface area contributed by atoms with E-state index in [-0.39, 0.29) is 5.82 Å². The van der Waals surface area contributed by atoms with Crippen molar-refractivity contribution in [1.29, 1.82) is 0 Å². The SMILES string of the molecule is CC(C)(C)OC(=O)Nc1noc2cccc(Cl)c12. The van der Waals surface area contributed by atoms with E-state index in [1.54, 1.807) is 39.0 Å². The topological polar surface area (TPSA) is 64.4 Å². The van der Waals surface area contributed by atoms with Gasteiger partial charge >= 0.3 is 6.09 Å². The molecule has 6 heteroatoms. The number of hydrogen-bond acceptors (Lipinski definition) is 4. The van der Waals surface area contributed by atoms with Crippen molar-refractivity contribution in [3.05, 3.63) is 23.2 Å². The fraction of sp³-hybridized carbons (Fsp3) is 0.333. The van der Waals surface area contributed by atoms with E-state index in [2.05, 4.69) is 10.5 Å². The van der Waals surface area contributed by atoms with E-state index in [4.69, 9.17) is 20.9 Å². The Balaban J connectivity index is 2.25. The van der Waals surface area contributed by atoms with Crippen LogP contribution in [-0.4, -0.2) is 16.9 Å². The molecule has 0 atom stereocenters. The number of hydrogen-bond donors (Lipinski definition) is 1. The van der Waals surface area contributed by atoms with Gasteiger partial charge in [0.25, 0.3) is 0 Å². The van der Waals surface area contributed by atoms with E-state index in [9.17, 15) is 4.79 Å². The second-order valence-corrected chi connectivity index (χ2v) is 5.18. The van der Waals surface area contributed by atoms with Crippen LogP contribution < -0.4 is 5.32 Å². The van der Waals surface area contributed by atoms with Gasteiger partial charge < -0.3 is 9.26 Å². The lowest BCUT2D eigenvalue weighted by atomic mass is 10.2. The average molecular weight is 269 g/mol. The summed E-state index contributed by atoms with van der Waals surface area (Å²) in [5, 5.41) is 7.28. The van der Waals surface area contributed by atoms with Gasteiger partial charge in [0.2, 0.25) is 0 Å². The molecule has 0 fully saturated rings. The van der Waals surface area contributed by atoms with Crippen molar-refractivity contribution in [3.63, 3.8) is 0 Å². The van der Waals surface area contributed by atoms with Crippen LogP contribution in [0.5, 0.6) is 0 Å². The summed E-state index contributed by atoms with van der Waals surface area (Å²) in [6.45, 7) is 5.33. The zero-order chi connectivity index (χ0) is 13.3. The smallest absolute Gasteiger partial charge is 0.413 e. The zero-order valence-corrected chi connectivity index (χ0v) is 11.0. The van der Waals surface area contributed by atoms with Crippen LogP contribution in [0.3, 0.4) is 0 Å². The van der Waals surface area contributed by atoms with Crippen LogP contribution in [0.2, 0.25) is 5.02 Å². The summed E-state index contributed by atoms with van der Waals surface area (Å²) in [4.78, 5) is 11.6. The molecule has 0 radical (unpaired) electrons. The molecule has 18 heavy (non-hydrogen) atoms. The molecular formula is C12H13ClN2O3. The minimum absolute atomic E-state index is 0.254. The number of rotatable bonds is 1. The Morgan fingerprint density at radius 2 is 2.17 bits per heavy atom. The number of carbonyl (C=O) groups is 1. The molecule has 1 N–H and O–H groups in total. The van der Waals surface area contributed by atoms with Crippen molar-refractivity contribution in [2.24, 2.45) is 0 Å². The van der Waals surface area contributed by atoms with Crippen LogP contribution in [0.1, 0.15) is 20.8 Å². The van der Waals surface area contributed by atoms with Gasteiger partial charge in [0.15, 0.2) is 11.4 Å². The van der Waals surface area contributed by atoms with Crippen molar-refractivity contribution < 1.29 is 14.1 Å². The molecule has 0 saturated heterocycles. The van der Waals surface area contributed by atoms with Gasteiger partial charge in [-0.15, -0.1) is 0 Å². The van der Waals surface area contributed by atoms with Gasteiger partial charge in [0.1, 0.15) is 5.60 Å². The van der Waals surface area contributed by atoms with Crippen LogP contribution in [0.15, 0.2) is 22.7 Å². The molecule has 2 rings (SSSR count). The van der Waals surface area contributed by atoms with Crippen LogP contribution in [0.4, 0.5) is 10.6 Å². The summed E-state index contributed by atoms with van der Waals surface area (Å²) in [7, 11) is 0. The quantitative estimate of drug-likeness (QED) is 0.854. The van der Waals surface area contributed by atoms with E-state index < -0.39 is 11.7 Å². The second-order valence-electron chi connectivity index (χ2n) is 4.77. The van der Waals surface area contributed by atoms with Crippen LogP contribution in [0.25, 0.3) is 11.0 Å². The minimum Gasteiger partial charge on any atom is -0.444 e. The summed E-state index contributed by atoms with van der Waals surface area (Å²) in [6, 6.07) is 5.16. The number of nitrogens with one attached hydrogen (secondary N) is 1. The number of aromatic nitrogens is 1. The van der Waals surface area contributed by atoms with Gasteiger partial charge in [-0.05, 0) is 32.9 Å². The first kappa shape index (κ1) is 12.7. The number of carbonyl (C=O) groups excluding carboxylic acids is 1. The molecule has 0 saturated carbocycles. The highest BCUT2D eigenvalue weighted by Gasteiger charge is 2.19. The maximum atomic E-state index is 11.6. The number of ether oxygens (including phenoxy) is 1. The third kappa shape index (κ3) is 2.73. The maximum Gasteiger partial charge on any atom is 0.413 e. The van der Waals surface area contributed by atoms with Crippen molar-refractivity contribution in [2.75, 3.05) is 5.32 Å². The van der Waals surface area contributed by atoms with Gasteiger partial charge in [-0.25, -0.2) is 4.79 Å². The van der Waals surface area contributed by atoms with Crippen LogP contribution >= 0.6 is 11.6 Å². The highest BCUT2D eigenvalue weighted by molar-refractivity contribution is 6.36. The van der Waals surface area contributed by atoms with E-state index in [0.717, 1.165) is 0 Å². The van der Waals surface area contributed by atoms with Crippen molar-refractivity contribution in [3.8, 4) is 0 Å². The number of anilines is 1. The van der Waals surface area contributed by atoms with E-state index in [1.807, 2.05) is 0 Å². The molecule has 2 aromatic rings. The fourth-order valence-corrected chi connectivity index (χ4v) is 1.69. The first-order valence-corrected chi connectivity index (χ1v) is 5.78. The largest absolute Gasteiger partial charge is 0.444 e. The third-order valence-corrected chi connectivity index (χ3v) is 2.38. The second kappa shape index (κ2) is 4.49. The standard InChI is InChI=1S/C12H13ClN2O3/c1-12(2,3)17-11(16)14-10-9-7(13)5-4-6-8(9)18-15-10/h4-6H,1-3H3,(H,14,15,16).